The fraction of sp³-hybridized carbons (Fsp3) is 0.576. The van der Waals surface area contributed by atoms with Crippen molar-refractivity contribution >= 4 is 29.0 Å². The average Bonchev–Trinajstić information content (AvgIpc) is 3.70. The number of aromatic nitrogens is 4. The molecule has 18 heteroatoms. The van der Waals surface area contributed by atoms with Gasteiger partial charge in [-0.15, -0.1) is 0 Å². The molecule has 276 valence electrons. The number of rotatable bonds is 4. The fourth-order valence-electron chi connectivity index (χ4n) is 7.54. The van der Waals surface area contributed by atoms with E-state index in [-0.39, 0.29) is 55.3 Å². The third kappa shape index (κ3) is 6.92. The maximum Gasteiger partial charge on any atom is 0.416 e. The number of carbonyl (C=O) groups excluding carboxylic acids is 1. The number of aliphatic hydroxyl groups is 1. The number of halogens is 6. The Balaban J connectivity index is 0.000000389. The molecule has 1 amide bonds. The molecule has 0 bridgehead atoms. The highest BCUT2D eigenvalue weighted by molar-refractivity contribution is 6.34. The molecule has 3 fully saturated rings. The van der Waals surface area contributed by atoms with E-state index in [4.69, 9.17) is 26.8 Å². The van der Waals surface area contributed by atoms with Gasteiger partial charge in [-0.2, -0.15) is 28.2 Å². The predicted molar refractivity (Wildman–Crippen MR) is 175 cm³/mol. The molecule has 3 unspecified atom stereocenters. The lowest BCUT2D eigenvalue weighted by atomic mass is 9.94. The summed E-state index contributed by atoms with van der Waals surface area (Å²) in [5.41, 5.74) is 4.89. The number of aliphatic hydroxyl groups excluding tert-OH is 1. The van der Waals surface area contributed by atoms with Gasteiger partial charge < -0.3 is 30.1 Å². The zero-order valence-corrected chi connectivity index (χ0v) is 28.6. The number of fused-ring (bicyclic) bond motifs is 3. The summed E-state index contributed by atoms with van der Waals surface area (Å²) in [6.07, 6.45) is -3.47. The first kappa shape index (κ1) is 35.6. The van der Waals surface area contributed by atoms with E-state index in [1.807, 2.05) is 4.90 Å². The molecule has 3 saturated heterocycles. The standard InChI is InChI=1S/C26H26ClF4N7O4.C7H12FN/c1-41-25-33-16-7-18(19-14(26(29,30)31)3-4-15(32)21(19)28)42-11-13(16)23(34-25)36-5-2-6-38-17(10-36)20(27)22(35-38)24(40)37-8-12(39)9-37;8-6-4-7-2-1-3-9(7)5-6/h3-4,12,18,39H,2,5-11,32H2,1H3;6-7H,1-5H2. The Kier molecular flexibility index (Phi) is 9.75. The smallest absolute Gasteiger partial charge is 0.416 e. The van der Waals surface area contributed by atoms with E-state index >= 15 is 4.39 Å². The highest BCUT2D eigenvalue weighted by Gasteiger charge is 2.41. The van der Waals surface area contributed by atoms with Crippen LogP contribution in [0.25, 0.3) is 0 Å². The van der Waals surface area contributed by atoms with E-state index < -0.39 is 47.2 Å². The third-order valence-electron chi connectivity index (χ3n) is 10.1. The van der Waals surface area contributed by atoms with Crippen LogP contribution in [0.5, 0.6) is 6.01 Å². The number of nitrogens with zero attached hydrogens (tertiary/aromatic N) is 7. The van der Waals surface area contributed by atoms with Crippen molar-refractivity contribution in [1.29, 1.82) is 0 Å². The summed E-state index contributed by atoms with van der Waals surface area (Å²) >= 11 is 6.65. The van der Waals surface area contributed by atoms with E-state index in [0.717, 1.165) is 25.1 Å². The molecule has 2 aromatic heterocycles. The first-order chi connectivity index (χ1) is 24.3. The van der Waals surface area contributed by atoms with Gasteiger partial charge in [0.15, 0.2) is 11.5 Å². The Hall–Kier alpha value is -3.80. The summed E-state index contributed by atoms with van der Waals surface area (Å²) in [5, 5.41) is 14.2. The van der Waals surface area contributed by atoms with Crippen LogP contribution < -0.4 is 15.4 Å². The number of ether oxygens (including phenoxy) is 2. The molecule has 3 N–H and O–H groups in total. The SMILES string of the molecule is COc1nc2c(c(N3CCCn4nc(C(=O)N5CC(O)C5)c(Cl)c4C3)n1)COC(c1c(C(F)(F)F)ccc(N)c1F)C2.FC1CC2CCCN2C1. The van der Waals surface area contributed by atoms with E-state index in [0.29, 0.717) is 54.9 Å². The average molecular weight is 741 g/mol. The van der Waals surface area contributed by atoms with E-state index in [9.17, 15) is 27.5 Å². The van der Waals surface area contributed by atoms with Crippen molar-refractivity contribution < 1.29 is 41.3 Å². The summed E-state index contributed by atoms with van der Waals surface area (Å²) in [5.74, 6) is -1.14. The zero-order chi connectivity index (χ0) is 36.2. The number of amides is 1. The first-order valence-electron chi connectivity index (χ1n) is 16.9. The highest BCUT2D eigenvalue weighted by atomic mass is 35.5. The number of β-amino-alcohol motifs (C(OH)–C–C–N with tert-alkyl or cyclic N) is 1. The van der Waals surface area contributed by atoms with Crippen LogP contribution in [0.15, 0.2) is 12.1 Å². The van der Waals surface area contributed by atoms with Gasteiger partial charge in [0.2, 0.25) is 0 Å². The monoisotopic (exact) mass is 740 g/mol. The number of nitrogen functional groups attached to an aromatic ring is 1. The summed E-state index contributed by atoms with van der Waals surface area (Å²) in [4.78, 5) is 27.4. The molecule has 5 aliphatic heterocycles. The molecule has 51 heavy (non-hydrogen) atoms. The van der Waals surface area contributed by atoms with Crippen molar-refractivity contribution in [3.8, 4) is 6.01 Å². The fourth-order valence-corrected chi connectivity index (χ4v) is 7.81. The van der Waals surface area contributed by atoms with Crippen LogP contribution in [-0.2, 0) is 37.0 Å². The van der Waals surface area contributed by atoms with E-state index in [1.165, 1.54) is 24.9 Å². The van der Waals surface area contributed by atoms with Gasteiger partial charge in [-0.1, -0.05) is 11.6 Å². The number of methoxy groups -OCH3 is 1. The van der Waals surface area contributed by atoms with Gasteiger partial charge in [-0.3, -0.25) is 14.4 Å². The second-order valence-electron chi connectivity index (χ2n) is 13.5. The molecule has 3 aromatic rings. The Morgan fingerprint density at radius 2 is 1.92 bits per heavy atom. The van der Waals surface area contributed by atoms with Crippen molar-refractivity contribution in [2.45, 2.75) is 82.4 Å². The molecular formula is C33H38ClF5N8O4. The van der Waals surface area contributed by atoms with Crippen LogP contribution in [0, 0.1) is 5.82 Å². The lowest BCUT2D eigenvalue weighted by Gasteiger charge is -2.35. The van der Waals surface area contributed by atoms with Crippen molar-refractivity contribution in [2.75, 3.05) is 50.5 Å². The van der Waals surface area contributed by atoms with Crippen LogP contribution >= 0.6 is 11.6 Å². The minimum atomic E-state index is -4.83. The maximum atomic E-state index is 15.0. The Morgan fingerprint density at radius 1 is 1.14 bits per heavy atom. The van der Waals surface area contributed by atoms with Gasteiger partial charge in [0.05, 0.1) is 60.1 Å². The van der Waals surface area contributed by atoms with Crippen LogP contribution in [0.4, 0.5) is 33.5 Å². The molecule has 7 heterocycles. The highest BCUT2D eigenvalue weighted by Crippen LogP contribution is 2.43. The summed E-state index contributed by atoms with van der Waals surface area (Å²) in [6, 6.07) is 2.21. The summed E-state index contributed by atoms with van der Waals surface area (Å²) in [7, 11) is 1.36. The third-order valence-corrected chi connectivity index (χ3v) is 10.5. The van der Waals surface area contributed by atoms with Gasteiger partial charge in [-0.05, 0) is 44.4 Å². The molecule has 1 aromatic carbocycles. The van der Waals surface area contributed by atoms with Crippen LogP contribution in [0.3, 0.4) is 0 Å². The lowest BCUT2D eigenvalue weighted by Crippen LogP contribution is -2.53. The number of hydrogen-bond donors (Lipinski definition) is 2. The van der Waals surface area contributed by atoms with Gasteiger partial charge in [0.1, 0.15) is 12.0 Å². The normalized spacial score (nSPS) is 23.5. The van der Waals surface area contributed by atoms with Crippen molar-refractivity contribution in [3.63, 3.8) is 0 Å². The Bertz CT molecular complexity index is 1790. The molecule has 8 rings (SSSR count). The van der Waals surface area contributed by atoms with Crippen LogP contribution in [0.1, 0.15) is 70.4 Å². The molecular weight excluding hydrogens is 703 g/mol. The zero-order valence-electron chi connectivity index (χ0n) is 27.8. The number of alkyl halides is 4. The second-order valence-corrected chi connectivity index (χ2v) is 13.9. The van der Waals surface area contributed by atoms with Gasteiger partial charge >= 0.3 is 12.2 Å². The molecule has 0 saturated carbocycles. The molecule has 0 spiro atoms. The molecule has 5 aliphatic rings. The number of anilines is 2. The summed E-state index contributed by atoms with van der Waals surface area (Å²) < 4.78 is 81.8. The quantitative estimate of drug-likeness (QED) is 0.295. The molecule has 0 aliphatic carbocycles. The van der Waals surface area contributed by atoms with E-state index in [2.05, 4.69) is 20.0 Å². The minimum absolute atomic E-state index is 0.0236. The molecule has 12 nitrogen and oxygen atoms in total. The van der Waals surface area contributed by atoms with Gasteiger partial charge in [0, 0.05) is 56.3 Å². The number of likely N-dealkylation sites (tertiary alicyclic amines) is 1. The maximum absolute atomic E-state index is 15.0. The number of nitrogens with two attached hydrogens (primary N) is 1. The first-order valence-corrected chi connectivity index (χ1v) is 17.3. The molecule has 0 radical (unpaired) electrons. The number of carbonyl (C=O) groups is 1. The van der Waals surface area contributed by atoms with Crippen LogP contribution in [-0.4, -0.2) is 98.7 Å². The lowest BCUT2D eigenvalue weighted by molar-refractivity contribution is -0.140. The largest absolute Gasteiger partial charge is 0.467 e. The Labute approximate surface area is 295 Å². The van der Waals surface area contributed by atoms with E-state index in [1.54, 1.807) is 4.68 Å². The Morgan fingerprint density at radius 3 is 2.63 bits per heavy atom. The predicted octanol–water partition coefficient (Wildman–Crippen LogP) is 4.31. The minimum Gasteiger partial charge on any atom is -0.467 e. The van der Waals surface area contributed by atoms with Crippen molar-refractivity contribution in [3.05, 3.63) is 56.7 Å². The van der Waals surface area contributed by atoms with Crippen LogP contribution in [0.2, 0.25) is 5.02 Å². The summed E-state index contributed by atoms with van der Waals surface area (Å²) in [6.45, 7) is 3.26. The van der Waals surface area contributed by atoms with Gasteiger partial charge in [-0.25, -0.2) is 8.78 Å². The van der Waals surface area contributed by atoms with Gasteiger partial charge in [0.25, 0.3) is 5.91 Å². The number of benzene rings is 1. The topological polar surface area (TPSA) is 135 Å². The van der Waals surface area contributed by atoms with Crippen molar-refractivity contribution in [2.24, 2.45) is 0 Å². The second kappa shape index (κ2) is 14.0. The molecule has 3 atom stereocenters. The number of hydrogen-bond acceptors (Lipinski definition) is 10. The van der Waals surface area contributed by atoms with Crippen molar-refractivity contribution in [1.82, 2.24) is 29.5 Å². The number of aryl methyl sites for hydroxylation is 1.